The van der Waals surface area contributed by atoms with Crippen LogP contribution in [0.2, 0.25) is 0 Å². The molecule has 92 heavy (non-hydrogen) atoms. The number of phosphoric ester groups is 2. The Morgan fingerprint density at radius 3 is 0.870 bits per heavy atom. The molecule has 3 N–H and O–H groups in total. The summed E-state index contributed by atoms with van der Waals surface area (Å²) < 4.78 is 68.2. The summed E-state index contributed by atoms with van der Waals surface area (Å²) in [5, 5.41) is 10.6. The minimum absolute atomic E-state index is 0.0655. The number of unbranched alkanes of at least 4 members (excludes halogenated alkanes) is 34. The van der Waals surface area contributed by atoms with Gasteiger partial charge in [0.15, 0.2) is 12.2 Å². The van der Waals surface area contributed by atoms with Crippen LogP contribution in [0, 0.1) is 0 Å². The van der Waals surface area contributed by atoms with E-state index in [1.165, 1.54) is 148 Å². The molecule has 0 spiro atoms. The van der Waals surface area contributed by atoms with Crippen LogP contribution in [-0.4, -0.2) is 96.7 Å². The van der Waals surface area contributed by atoms with Crippen LogP contribution in [0.3, 0.4) is 0 Å². The van der Waals surface area contributed by atoms with E-state index in [0.717, 1.165) is 96.3 Å². The highest BCUT2D eigenvalue weighted by Gasteiger charge is 2.30. The Morgan fingerprint density at radius 2 is 0.565 bits per heavy atom. The van der Waals surface area contributed by atoms with Gasteiger partial charge in [-0.15, -0.1) is 0 Å². The van der Waals surface area contributed by atoms with Crippen LogP contribution >= 0.6 is 15.6 Å². The Kier molecular flexibility index (Phi) is 64.0. The van der Waals surface area contributed by atoms with Gasteiger partial charge in [-0.25, -0.2) is 9.13 Å². The molecular formula is C73H132O17P2. The van der Waals surface area contributed by atoms with Crippen molar-refractivity contribution >= 4 is 39.5 Å². The van der Waals surface area contributed by atoms with Crippen molar-refractivity contribution in [2.45, 2.75) is 341 Å². The van der Waals surface area contributed by atoms with Crippen molar-refractivity contribution in [3.05, 3.63) is 60.8 Å². The molecule has 0 aliphatic carbocycles. The predicted molar refractivity (Wildman–Crippen MR) is 372 cm³/mol. The minimum Gasteiger partial charge on any atom is -0.462 e. The van der Waals surface area contributed by atoms with E-state index >= 15 is 0 Å². The molecule has 0 aromatic rings. The first-order chi connectivity index (χ1) is 44.7. The minimum atomic E-state index is -4.98. The third-order valence-electron chi connectivity index (χ3n) is 15.6. The molecule has 19 heteroatoms. The smallest absolute Gasteiger partial charge is 0.462 e. The van der Waals surface area contributed by atoms with E-state index in [1.54, 1.807) is 6.08 Å². The average molecular weight is 1340 g/mol. The molecule has 0 rings (SSSR count). The molecule has 0 saturated carbocycles. The van der Waals surface area contributed by atoms with Crippen molar-refractivity contribution in [1.82, 2.24) is 0 Å². The second-order valence-electron chi connectivity index (χ2n) is 24.5. The normalized spacial score (nSPS) is 14.4. The van der Waals surface area contributed by atoms with Crippen molar-refractivity contribution in [3.63, 3.8) is 0 Å². The highest BCUT2D eigenvalue weighted by Crippen LogP contribution is 2.45. The van der Waals surface area contributed by atoms with Gasteiger partial charge in [0.2, 0.25) is 0 Å². The van der Waals surface area contributed by atoms with Crippen LogP contribution in [0.15, 0.2) is 60.8 Å². The van der Waals surface area contributed by atoms with Crippen LogP contribution in [0.5, 0.6) is 0 Å². The number of esters is 4. The summed E-state index contributed by atoms with van der Waals surface area (Å²) in [4.78, 5) is 72.5. The highest BCUT2D eigenvalue weighted by molar-refractivity contribution is 7.47. The molecule has 5 atom stereocenters. The quantitative estimate of drug-likeness (QED) is 0.0169. The summed E-state index contributed by atoms with van der Waals surface area (Å²) in [5.41, 5.74) is 0. The van der Waals surface area contributed by atoms with Gasteiger partial charge in [-0.2, -0.15) is 0 Å². The Labute approximate surface area is 559 Å². The number of allylic oxidation sites excluding steroid dienone is 9. The number of aliphatic hydroxyl groups excluding tert-OH is 1. The molecular weight excluding hydrogens is 1210 g/mol. The van der Waals surface area contributed by atoms with Gasteiger partial charge in [0.1, 0.15) is 19.3 Å². The summed E-state index contributed by atoms with van der Waals surface area (Å²) in [6.45, 7) is 4.67. The van der Waals surface area contributed by atoms with Crippen LogP contribution in [-0.2, 0) is 65.4 Å². The summed E-state index contributed by atoms with van der Waals surface area (Å²) in [6, 6.07) is 0. The molecule has 0 aliphatic rings. The fraction of sp³-hybridized carbons (Fsp3) is 0.808. The summed E-state index contributed by atoms with van der Waals surface area (Å²) in [6.07, 6.45) is 62.6. The SMILES string of the molecule is CC/C=C\C/C=C\C/C=C\C/C=C\C/C=C\CC(=O)OCC(COP(=O)(O)OCC(O)COP(=O)(O)OCC(COC(=O)CCCCCCCCCCCCCCC)OC(=O)CCCCCCCCCCCCC)OC(=O)CCCCCCCCCCCCCCC. The van der Waals surface area contributed by atoms with Crippen LogP contribution in [0.25, 0.3) is 0 Å². The number of carbonyl (C=O) groups excluding carboxylic acids is 4. The standard InChI is InChI=1S/C73H132O17P2/c1-5-9-13-17-21-25-29-32-33-36-39-42-46-50-54-58-71(76)84-64-69(90-73(78)60-56-52-48-44-40-35-31-27-23-19-15-11-7-3)66-88-92(81,82)86-62-67(74)61-85-91(79,80)87-65-68(89-72(77)59-55-51-47-43-37-28-24-20-16-12-8-4)63-83-70(75)57-53-49-45-41-38-34-30-26-22-18-14-10-6-2/h9,13,21,25,32-33,39,42,50,54,67-69,74H,5-8,10-12,14-20,22-24,26-31,34-38,40-41,43-49,51-53,55-66H2,1-4H3,(H,79,80)(H,81,82)/b13-9-,25-21-,33-32-,42-39-,54-50-. The van der Waals surface area contributed by atoms with Gasteiger partial charge >= 0.3 is 39.5 Å². The summed E-state index contributed by atoms with van der Waals surface area (Å²) in [5.74, 6) is -2.29. The zero-order valence-corrected chi connectivity index (χ0v) is 60.0. The molecule has 0 heterocycles. The number of phosphoric acid groups is 2. The third-order valence-corrected chi connectivity index (χ3v) is 17.5. The van der Waals surface area contributed by atoms with Gasteiger partial charge < -0.3 is 33.8 Å². The Morgan fingerprint density at radius 1 is 0.315 bits per heavy atom. The molecule has 17 nitrogen and oxygen atoms in total. The maximum absolute atomic E-state index is 13.0. The Balaban J connectivity index is 5.35. The van der Waals surface area contributed by atoms with Crippen molar-refractivity contribution in [2.24, 2.45) is 0 Å². The van der Waals surface area contributed by atoms with Crippen LogP contribution in [0.1, 0.15) is 323 Å². The van der Waals surface area contributed by atoms with Gasteiger partial charge in [0, 0.05) is 19.3 Å². The number of ether oxygens (including phenoxy) is 4. The number of hydrogen-bond donors (Lipinski definition) is 3. The van der Waals surface area contributed by atoms with E-state index in [1.807, 2.05) is 18.2 Å². The highest BCUT2D eigenvalue weighted by atomic mass is 31.2. The zero-order chi connectivity index (χ0) is 67.5. The maximum atomic E-state index is 13.0. The lowest BCUT2D eigenvalue weighted by molar-refractivity contribution is -0.161. The maximum Gasteiger partial charge on any atom is 0.472 e. The molecule has 0 amide bonds. The van der Waals surface area contributed by atoms with Crippen molar-refractivity contribution < 1.29 is 80.2 Å². The summed E-state index contributed by atoms with van der Waals surface area (Å²) >= 11 is 0. The molecule has 0 saturated heterocycles. The topological polar surface area (TPSA) is 237 Å². The molecule has 0 aromatic heterocycles. The number of rotatable bonds is 69. The van der Waals surface area contributed by atoms with E-state index in [2.05, 4.69) is 64.2 Å². The van der Waals surface area contributed by atoms with E-state index in [0.29, 0.717) is 25.7 Å². The van der Waals surface area contributed by atoms with Crippen molar-refractivity contribution in [2.75, 3.05) is 39.6 Å². The molecule has 0 fully saturated rings. The second kappa shape index (κ2) is 66.4. The lowest BCUT2D eigenvalue weighted by Gasteiger charge is -2.21. The van der Waals surface area contributed by atoms with E-state index in [4.69, 9.17) is 37.0 Å². The first kappa shape index (κ1) is 88.8. The monoisotopic (exact) mass is 1340 g/mol. The van der Waals surface area contributed by atoms with Gasteiger partial charge in [0.05, 0.1) is 32.8 Å². The molecule has 5 unspecified atom stereocenters. The van der Waals surface area contributed by atoms with Crippen molar-refractivity contribution in [3.8, 4) is 0 Å². The van der Waals surface area contributed by atoms with Crippen LogP contribution in [0.4, 0.5) is 0 Å². The third kappa shape index (κ3) is 65.4. The fourth-order valence-electron chi connectivity index (χ4n) is 10.0. The van der Waals surface area contributed by atoms with Gasteiger partial charge in [-0.3, -0.25) is 37.3 Å². The largest absolute Gasteiger partial charge is 0.472 e. The lowest BCUT2D eigenvalue weighted by Crippen LogP contribution is -2.30. The first-order valence-corrected chi connectivity index (χ1v) is 39.5. The fourth-order valence-corrected chi connectivity index (χ4v) is 11.6. The predicted octanol–water partition coefficient (Wildman–Crippen LogP) is 20.3. The van der Waals surface area contributed by atoms with Crippen molar-refractivity contribution in [1.29, 1.82) is 0 Å². The molecule has 0 radical (unpaired) electrons. The molecule has 0 bridgehead atoms. The molecule has 0 aromatic carbocycles. The lowest BCUT2D eigenvalue weighted by atomic mass is 10.0. The van der Waals surface area contributed by atoms with E-state index in [9.17, 15) is 43.2 Å². The Bertz CT molecular complexity index is 1990. The second-order valence-corrected chi connectivity index (χ2v) is 27.5. The first-order valence-electron chi connectivity index (χ1n) is 36.5. The van der Waals surface area contributed by atoms with Gasteiger partial charge in [-0.05, 0) is 51.4 Å². The summed E-state index contributed by atoms with van der Waals surface area (Å²) in [7, 11) is -9.94. The van der Waals surface area contributed by atoms with E-state index in [-0.39, 0.29) is 25.7 Å². The van der Waals surface area contributed by atoms with Crippen LogP contribution < -0.4 is 0 Å². The molecule has 0 aliphatic heterocycles. The Hall–Kier alpha value is -3.24. The van der Waals surface area contributed by atoms with Gasteiger partial charge in [-0.1, -0.05) is 307 Å². The van der Waals surface area contributed by atoms with Gasteiger partial charge in [0.25, 0.3) is 0 Å². The molecule has 536 valence electrons. The zero-order valence-electron chi connectivity index (χ0n) is 58.2. The average Bonchev–Trinajstić information content (AvgIpc) is 2.73. The number of aliphatic hydroxyl groups is 1. The number of hydrogen-bond acceptors (Lipinski definition) is 15. The van der Waals surface area contributed by atoms with E-state index < -0.39 is 97.5 Å². The number of carbonyl (C=O) groups is 4.